The molecule has 2 aromatic carbocycles. The van der Waals surface area contributed by atoms with E-state index in [1.807, 2.05) is 6.92 Å². The van der Waals surface area contributed by atoms with E-state index in [0.717, 1.165) is 16.2 Å². The van der Waals surface area contributed by atoms with Gasteiger partial charge in [0, 0.05) is 31.9 Å². The van der Waals surface area contributed by atoms with Crippen molar-refractivity contribution >= 4 is 27.3 Å². The van der Waals surface area contributed by atoms with E-state index >= 15 is 0 Å². The van der Waals surface area contributed by atoms with Crippen molar-refractivity contribution in [3.63, 3.8) is 0 Å². The standard InChI is InChI=1S/C22H28FN3O4S/c1-4-30-21-11-9-20(10-12-21)26(31(3,28)29)17(2)22(27)25-15-13-24(14-16-25)19-7-5-18(23)6-8-19/h5-12,17H,4,13-16H2,1-3H3/t17-/m0/s1. The van der Waals surface area contributed by atoms with Gasteiger partial charge in [0.1, 0.15) is 17.6 Å². The second-order valence-electron chi connectivity index (χ2n) is 7.45. The molecule has 1 saturated heterocycles. The van der Waals surface area contributed by atoms with Crippen LogP contribution >= 0.6 is 0 Å². The lowest BCUT2D eigenvalue weighted by Gasteiger charge is -2.39. The number of ether oxygens (including phenoxy) is 1. The number of amides is 1. The first kappa shape index (κ1) is 22.9. The van der Waals surface area contributed by atoms with Crippen molar-refractivity contribution in [3.8, 4) is 5.75 Å². The molecule has 0 spiro atoms. The van der Waals surface area contributed by atoms with Crippen LogP contribution in [0, 0.1) is 5.82 Å². The zero-order valence-corrected chi connectivity index (χ0v) is 18.8. The minimum absolute atomic E-state index is 0.252. The van der Waals surface area contributed by atoms with E-state index in [0.29, 0.717) is 44.2 Å². The molecular weight excluding hydrogens is 421 g/mol. The van der Waals surface area contributed by atoms with Crippen LogP contribution in [0.5, 0.6) is 5.75 Å². The average Bonchev–Trinajstić information content (AvgIpc) is 2.74. The predicted octanol–water partition coefficient (Wildman–Crippen LogP) is 2.73. The van der Waals surface area contributed by atoms with Crippen molar-refractivity contribution in [2.45, 2.75) is 19.9 Å². The lowest BCUT2D eigenvalue weighted by atomic mass is 10.2. The van der Waals surface area contributed by atoms with E-state index in [4.69, 9.17) is 4.74 Å². The summed E-state index contributed by atoms with van der Waals surface area (Å²) in [7, 11) is -3.68. The number of hydrogen-bond donors (Lipinski definition) is 0. The zero-order valence-electron chi connectivity index (χ0n) is 18.0. The van der Waals surface area contributed by atoms with E-state index in [-0.39, 0.29) is 11.7 Å². The summed E-state index contributed by atoms with van der Waals surface area (Å²) in [6.07, 6.45) is 1.10. The van der Waals surface area contributed by atoms with Gasteiger partial charge in [-0.1, -0.05) is 0 Å². The molecule has 1 fully saturated rings. The molecule has 0 aromatic heterocycles. The Labute approximate surface area is 183 Å². The second-order valence-corrected chi connectivity index (χ2v) is 9.31. The highest BCUT2D eigenvalue weighted by atomic mass is 32.2. The van der Waals surface area contributed by atoms with Crippen LogP contribution in [0.3, 0.4) is 0 Å². The van der Waals surface area contributed by atoms with Gasteiger partial charge in [0.05, 0.1) is 18.6 Å². The molecular formula is C22H28FN3O4S. The molecule has 0 bridgehead atoms. The van der Waals surface area contributed by atoms with Gasteiger partial charge in [-0.2, -0.15) is 0 Å². The number of halogens is 1. The minimum atomic E-state index is -3.68. The van der Waals surface area contributed by atoms with E-state index in [2.05, 4.69) is 4.90 Å². The number of nitrogens with zero attached hydrogens (tertiary/aromatic N) is 3. The van der Waals surface area contributed by atoms with Crippen molar-refractivity contribution in [2.24, 2.45) is 0 Å². The van der Waals surface area contributed by atoms with Crippen LogP contribution < -0.4 is 13.9 Å². The Kier molecular flexibility index (Phi) is 7.04. The quantitative estimate of drug-likeness (QED) is 0.650. The van der Waals surface area contributed by atoms with Gasteiger partial charge in [0.15, 0.2) is 0 Å². The molecule has 0 unspecified atom stereocenters. The summed E-state index contributed by atoms with van der Waals surface area (Å²) in [6.45, 7) is 6.08. The fourth-order valence-electron chi connectivity index (χ4n) is 3.76. The molecule has 7 nitrogen and oxygen atoms in total. The molecule has 9 heteroatoms. The monoisotopic (exact) mass is 449 g/mol. The van der Waals surface area contributed by atoms with Crippen molar-refractivity contribution in [1.29, 1.82) is 0 Å². The Bertz CT molecular complexity index is 988. The summed E-state index contributed by atoms with van der Waals surface area (Å²) in [5.41, 5.74) is 1.31. The fraction of sp³-hybridized carbons (Fsp3) is 0.409. The summed E-state index contributed by atoms with van der Waals surface area (Å²) in [5, 5.41) is 0. The second kappa shape index (κ2) is 9.55. The van der Waals surface area contributed by atoms with Crippen molar-refractivity contribution in [1.82, 2.24) is 4.90 Å². The first-order chi connectivity index (χ1) is 14.7. The number of carbonyl (C=O) groups is 1. The van der Waals surface area contributed by atoms with Gasteiger partial charge in [-0.15, -0.1) is 0 Å². The van der Waals surface area contributed by atoms with E-state index in [1.165, 1.54) is 12.1 Å². The minimum Gasteiger partial charge on any atom is -0.494 e. The van der Waals surface area contributed by atoms with Gasteiger partial charge in [-0.25, -0.2) is 12.8 Å². The molecule has 0 aliphatic carbocycles. The van der Waals surface area contributed by atoms with Crippen LogP contribution in [0.25, 0.3) is 0 Å². The molecule has 1 aliphatic heterocycles. The van der Waals surface area contributed by atoms with Gasteiger partial charge in [-0.3, -0.25) is 9.10 Å². The predicted molar refractivity (Wildman–Crippen MR) is 120 cm³/mol. The lowest BCUT2D eigenvalue weighted by molar-refractivity contribution is -0.132. The lowest BCUT2D eigenvalue weighted by Crippen LogP contribution is -2.55. The average molecular weight is 450 g/mol. The van der Waals surface area contributed by atoms with Crippen LogP contribution in [0.1, 0.15) is 13.8 Å². The molecule has 31 heavy (non-hydrogen) atoms. The maximum absolute atomic E-state index is 13.2. The number of piperazine rings is 1. The van der Waals surface area contributed by atoms with Gasteiger partial charge in [0.25, 0.3) is 0 Å². The molecule has 1 heterocycles. The highest BCUT2D eigenvalue weighted by Crippen LogP contribution is 2.25. The third kappa shape index (κ3) is 5.46. The van der Waals surface area contributed by atoms with Crippen LogP contribution in [0.2, 0.25) is 0 Å². The first-order valence-corrected chi connectivity index (χ1v) is 12.1. The van der Waals surface area contributed by atoms with Crippen LogP contribution in [-0.2, 0) is 14.8 Å². The van der Waals surface area contributed by atoms with Crippen LogP contribution in [0.4, 0.5) is 15.8 Å². The Morgan fingerprint density at radius 1 is 1.06 bits per heavy atom. The Morgan fingerprint density at radius 3 is 2.16 bits per heavy atom. The van der Waals surface area contributed by atoms with Gasteiger partial charge in [-0.05, 0) is 62.4 Å². The Hall–Kier alpha value is -2.81. The first-order valence-electron chi connectivity index (χ1n) is 10.2. The maximum atomic E-state index is 13.2. The number of rotatable bonds is 7. The number of sulfonamides is 1. The molecule has 1 atom stereocenters. The van der Waals surface area contributed by atoms with Gasteiger partial charge >= 0.3 is 0 Å². The summed E-state index contributed by atoms with van der Waals surface area (Å²) in [4.78, 5) is 16.9. The highest BCUT2D eigenvalue weighted by molar-refractivity contribution is 7.92. The zero-order chi connectivity index (χ0) is 22.6. The van der Waals surface area contributed by atoms with Gasteiger partial charge < -0.3 is 14.5 Å². The SMILES string of the molecule is CCOc1ccc(N([C@@H](C)C(=O)N2CCN(c3ccc(F)cc3)CC2)S(C)(=O)=O)cc1. The topological polar surface area (TPSA) is 70.2 Å². The molecule has 1 aliphatic rings. The molecule has 0 saturated carbocycles. The molecule has 168 valence electrons. The summed E-state index contributed by atoms with van der Waals surface area (Å²) >= 11 is 0. The molecule has 0 N–H and O–H groups in total. The Balaban J connectivity index is 1.71. The number of anilines is 2. The van der Waals surface area contributed by atoms with Crippen molar-refractivity contribution in [2.75, 3.05) is 48.2 Å². The third-order valence-electron chi connectivity index (χ3n) is 5.25. The highest BCUT2D eigenvalue weighted by Gasteiger charge is 2.33. The molecule has 0 radical (unpaired) electrons. The smallest absolute Gasteiger partial charge is 0.246 e. The van der Waals surface area contributed by atoms with Crippen LogP contribution in [0.15, 0.2) is 48.5 Å². The fourth-order valence-corrected chi connectivity index (χ4v) is 4.93. The summed E-state index contributed by atoms with van der Waals surface area (Å²) < 4.78 is 44.8. The van der Waals surface area contributed by atoms with E-state index < -0.39 is 16.1 Å². The maximum Gasteiger partial charge on any atom is 0.246 e. The van der Waals surface area contributed by atoms with Crippen LogP contribution in [-0.4, -0.2) is 64.3 Å². The van der Waals surface area contributed by atoms with E-state index in [9.17, 15) is 17.6 Å². The van der Waals surface area contributed by atoms with E-state index in [1.54, 1.807) is 48.2 Å². The molecule has 1 amide bonds. The Morgan fingerprint density at radius 2 is 1.65 bits per heavy atom. The number of benzene rings is 2. The summed E-state index contributed by atoms with van der Waals surface area (Å²) in [6, 6.07) is 12.0. The van der Waals surface area contributed by atoms with Gasteiger partial charge in [0.2, 0.25) is 15.9 Å². The third-order valence-corrected chi connectivity index (χ3v) is 6.49. The van der Waals surface area contributed by atoms with Crippen molar-refractivity contribution < 1.29 is 22.3 Å². The largest absolute Gasteiger partial charge is 0.494 e. The number of hydrogen-bond acceptors (Lipinski definition) is 5. The van der Waals surface area contributed by atoms with Crippen molar-refractivity contribution in [3.05, 3.63) is 54.3 Å². The normalized spacial score (nSPS) is 15.5. The number of carbonyl (C=O) groups excluding carboxylic acids is 1. The molecule has 3 rings (SSSR count). The summed E-state index contributed by atoms with van der Waals surface area (Å²) in [5.74, 6) is 0.0928. The molecule has 2 aromatic rings.